The average molecular weight is 325 g/mol. The van der Waals surface area contributed by atoms with Gasteiger partial charge in [-0.2, -0.15) is 0 Å². The third kappa shape index (κ3) is 2.81. The molecule has 24 heavy (non-hydrogen) atoms. The zero-order chi connectivity index (χ0) is 16.5. The van der Waals surface area contributed by atoms with E-state index < -0.39 is 0 Å². The molecule has 6 nitrogen and oxygen atoms in total. The molecular formula is C18H23N5O. The van der Waals surface area contributed by atoms with Gasteiger partial charge in [0.05, 0.1) is 0 Å². The largest absolute Gasteiger partial charge is 0.335 e. The molecule has 3 atom stereocenters. The van der Waals surface area contributed by atoms with Crippen molar-refractivity contribution in [3.05, 3.63) is 42.5 Å². The molecule has 1 amide bonds. The lowest BCUT2D eigenvalue weighted by Crippen LogP contribution is -2.32. The Bertz CT molecular complexity index is 713. The maximum atomic E-state index is 12.8. The van der Waals surface area contributed by atoms with Crippen LogP contribution >= 0.6 is 0 Å². The molecule has 3 heterocycles. The molecular weight excluding hydrogens is 302 g/mol. The standard InChI is InChI=1S/C18H23N5O/c1-22-6-5-21-17(22)18(24)23-10-15-4-2-3-14(16(15)11-23)7-13-8-19-12-20-9-13/h5-6,8-9,12,14-16H,2-4,7,10-11H2,1H3/t14-,15-,16-/m1/s1. The first-order valence-electron chi connectivity index (χ1n) is 8.73. The van der Waals surface area contributed by atoms with E-state index in [1.807, 2.05) is 35.1 Å². The molecule has 0 bridgehead atoms. The van der Waals surface area contributed by atoms with Gasteiger partial charge in [0.25, 0.3) is 5.91 Å². The van der Waals surface area contributed by atoms with Gasteiger partial charge in [0.15, 0.2) is 5.82 Å². The van der Waals surface area contributed by atoms with Gasteiger partial charge in [0.2, 0.25) is 0 Å². The fourth-order valence-electron chi connectivity index (χ4n) is 4.46. The van der Waals surface area contributed by atoms with Gasteiger partial charge in [-0.15, -0.1) is 0 Å². The Labute approximate surface area is 141 Å². The molecule has 2 aromatic rings. The van der Waals surface area contributed by atoms with Crippen LogP contribution in [-0.4, -0.2) is 43.4 Å². The van der Waals surface area contributed by atoms with Crippen molar-refractivity contribution in [2.75, 3.05) is 13.1 Å². The van der Waals surface area contributed by atoms with Gasteiger partial charge in [0.1, 0.15) is 6.33 Å². The quantitative estimate of drug-likeness (QED) is 0.865. The number of aryl methyl sites for hydroxylation is 1. The first kappa shape index (κ1) is 15.3. The van der Waals surface area contributed by atoms with Crippen molar-refractivity contribution in [3.63, 3.8) is 0 Å². The van der Waals surface area contributed by atoms with E-state index >= 15 is 0 Å². The van der Waals surface area contributed by atoms with Crippen LogP contribution in [0.1, 0.15) is 35.4 Å². The first-order chi connectivity index (χ1) is 11.7. The lowest BCUT2D eigenvalue weighted by atomic mass is 9.72. The smallest absolute Gasteiger partial charge is 0.289 e. The second-order valence-electron chi connectivity index (χ2n) is 7.14. The summed E-state index contributed by atoms with van der Waals surface area (Å²) in [5.41, 5.74) is 1.21. The normalized spacial score (nSPS) is 26.4. The third-order valence-electron chi connectivity index (χ3n) is 5.66. The summed E-state index contributed by atoms with van der Waals surface area (Å²) in [6, 6.07) is 0. The molecule has 0 radical (unpaired) electrons. The Balaban J connectivity index is 1.48. The van der Waals surface area contributed by atoms with E-state index in [0.29, 0.717) is 23.6 Å². The van der Waals surface area contributed by atoms with Crippen molar-refractivity contribution < 1.29 is 4.79 Å². The number of carbonyl (C=O) groups excluding carboxylic acids is 1. The maximum absolute atomic E-state index is 12.8. The number of aromatic nitrogens is 4. The van der Waals surface area contributed by atoms with Crippen LogP contribution in [0.2, 0.25) is 0 Å². The number of amides is 1. The molecule has 1 saturated heterocycles. The van der Waals surface area contributed by atoms with Crippen LogP contribution in [-0.2, 0) is 13.5 Å². The van der Waals surface area contributed by atoms with Crippen LogP contribution in [0.3, 0.4) is 0 Å². The van der Waals surface area contributed by atoms with Crippen molar-refractivity contribution in [1.29, 1.82) is 0 Å². The molecule has 4 rings (SSSR count). The molecule has 0 spiro atoms. The summed E-state index contributed by atoms with van der Waals surface area (Å²) < 4.78 is 1.81. The molecule has 2 fully saturated rings. The van der Waals surface area contributed by atoms with Crippen LogP contribution in [0.25, 0.3) is 0 Å². The van der Waals surface area contributed by atoms with Gasteiger partial charge < -0.3 is 9.47 Å². The number of fused-ring (bicyclic) bond motifs is 1. The second kappa shape index (κ2) is 6.34. The molecule has 2 aliphatic rings. The second-order valence-corrected chi connectivity index (χ2v) is 7.14. The predicted molar refractivity (Wildman–Crippen MR) is 89.2 cm³/mol. The van der Waals surface area contributed by atoms with E-state index in [2.05, 4.69) is 15.0 Å². The summed E-state index contributed by atoms with van der Waals surface area (Å²) in [4.78, 5) is 27.3. The van der Waals surface area contributed by atoms with E-state index in [-0.39, 0.29) is 5.91 Å². The summed E-state index contributed by atoms with van der Waals surface area (Å²) in [5.74, 6) is 2.44. The Morgan fingerprint density at radius 3 is 2.83 bits per heavy atom. The molecule has 126 valence electrons. The molecule has 1 aliphatic heterocycles. The predicted octanol–water partition coefficient (Wildman–Crippen LogP) is 1.94. The highest BCUT2D eigenvalue weighted by molar-refractivity contribution is 5.91. The topological polar surface area (TPSA) is 63.9 Å². The maximum Gasteiger partial charge on any atom is 0.289 e. The van der Waals surface area contributed by atoms with Gasteiger partial charge in [-0.05, 0) is 42.6 Å². The van der Waals surface area contributed by atoms with Crippen LogP contribution < -0.4 is 0 Å². The monoisotopic (exact) mass is 325 g/mol. The molecule has 1 aliphatic carbocycles. The molecule has 2 aromatic heterocycles. The zero-order valence-corrected chi connectivity index (χ0v) is 14.0. The van der Waals surface area contributed by atoms with Gasteiger partial charge in [-0.25, -0.2) is 15.0 Å². The minimum Gasteiger partial charge on any atom is -0.335 e. The lowest BCUT2D eigenvalue weighted by Gasteiger charge is -2.32. The number of hydrogen-bond acceptors (Lipinski definition) is 4. The summed E-state index contributed by atoms with van der Waals surface area (Å²) in [7, 11) is 1.88. The van der Waals surface area contributed by atoms with Gasteiger partial charge in [-0.1, -0.05) is 6.42 Å². The highest BCUT2D eigenvalue weighted by Gasteiger charge is 2.42. The SMILES string of the molecule is Cn1ccnc1C(=O)N1C[C@H]2CCC[C@H](Cc3cncnc3)[C@H]2C1. The number of hydrogen-bond donors (Lipinski definition) is 0. The van der Waals surface area contributed by atoms with Crippen molar-refractivity contribution in [3.8, 4) is 0 Å². The van der Waals surface area contributed by atoms with Crippen molar-refractivity contribution >= 4 is 5.91 Å². The highest BCUT2D eigenvalue weighted by atomic mass is 16.2. The fourth-order valence-corrected chi connectivity index (χ4v) is 4.46. The average Bonchev–Trinajstić information content (AvgIpc) is 3.22. The minimum atomic E-state index is 0.0682. The Hall–Kier alpha value is -2.24. The summed E-state index contributed by atoms with van der Waals surface area (Å²) in [6.07, 6.45) is 13.7. The summed E-state index contributed by atoms with van der Waals surface area (Å²) in [6.45, 7) is 1.73. The first-order valence-corrected chi connectivity index (χ1v) is 8.73. The number of imidazole rings is 1. The number of carbonyl (C=O) groups is 1. The van der Waals surface area contributed by atoms with Gasteiger partial charge >= 0.3 is 0 Å². The van der Waals surface area contributed by atoms with Gasteiger partial charge in [-0.3, -0.25) is 4.79 Å². The highest BCUT2D eigenvalue weighted by Crippen LogP contribution is 2.41. The molecule has 1 saturated carbocycles. The molecule has 0 unspecified atom stereocenters. The van der Waals surface area contributed by atoms with Crippen LogP contribution in [0.4, 0.5) is 0 Å². The van der Waals surface area contributed by atoms with Gasteiger partial charge in [0, 0.05) is 44.9 Å². The molecule has 0 aromatic carbocycles. The van der Waals surface area contributed by atoms with Crippen molar-refractivity contribution in [2.45, 2.75) is 25.7 Å². The van der Waals surface area contributed by atoms with Crippen molar-refractivity contribution in [2.24, 2.45) is 24.8 Å². The Morgan fingerprint density at radius 1 is 1.25 bits per heavy atom. The Kier molecular flexibility index (Phi) is 4.04. The van der Waals surface area contributed by atoms with E-state index in [0.717, 1.165) is 19.5 Å². The third-order valence-corrected chi connectivity index (χ3v) is 5.66. The fraction of sp³-hybridized carbons (Fsp3) is 0.556. The lowest BCUT2D eigenvalue weighted by molar-refractivity contribution is 0.0766. The van der Waals surface area contributed by atoms with Crippen LogP contribution in [0.5, 0.6) is 0 Å². The number of likely N-dealkylation sites (tertiary alicyclic amines) is 1. The zero-order valence-electron chi connectivity index (χ0n) is 14.0. The molecule has 0 N–H and O–H groups in total. The van der Waals surface area contributed by atoms with Crippen molar-refractivity contribution in [1.82, 2.24) is 24.4 Å². The van der Waals surface area contributed by atoms with E-state index in [1.54, 1.807) is 12.5 Å². The summed E-state index contributed by atoms with van der Waals surface area (Å²) >= 11 is 0. The van der Waals surface area contributed by atoms with Crippen LogP contribution in [0, 0.1) is 17.8 Å². The number of nitrogens with zero attached hydrogens (tertiary/aromatic N) is 5. The van der Waals surface area contributed by atoms with E-state index in [4.69, 9.17) is 0 Å². The Morgan fingerprint density at radius 2 is 2.08 bits per heavy atom. The van der Waals surface area contributed by atoms with E-state index in [9.17, 15) is 4.79 Å². The van der Waals surface area contributed by atoms with Crippen LogP contribution in [0.15, 0.2) is 31.1 Å². The van der Waals surface area contributed by atoms with E-state index in [1.165, 1.54) is 24.8 Å². The minimum absolute atomic E-state index is 0.0682. The summed E-state index contributed by atoms with van der Waals surface area (Å²) in [5, 5.41) is 0. The number of rotatable bonds is 3. The molecule has 6 heteroatoms.